The molecular formula is C11H22N2O5. The van der Waals surface area contributed by atoms with E-state index in [1.54, 1.807) is 13.8 Å². The Bertz CT molecular complexity index is 283. The van der Waals surface area contributed by atoms with Crippen LogP contribution in [-0.4, -0.2) is 65.6 Å². The van der Waals surface area contributed by atoms with Crippen LogP contribution in [0.3, 0.4) is 0 Å². The summed E-state index contributed by atoms with van der Waals surface area (Å²) in [7, 11) is 1.53. The van der Waals surface area contributed by atoms with Crippen LogP contribution in [0.4, 0.5) is 4.79 Å². The number of carboxylic acid groups (broad SMARTS) is 1. The number of urea groups is 1. The summed E-state index contributed by atoms with van der Waals surface area (Å²) < 4.78 is 4.95. The first-order valence-electron chi connectivity index (χ1n) is 5.82. The average molecular weight is 262 g/mol. The molecule has 0 aliphatic heterocycles. The molecule has 0 rings (SSSR count). The van der Waals surface area contributed by atoms with Crippen LogP contribution in [0.25, 0.3) is 0 Å². The quantitative estimate of drug-likeness (QED) is 0.594. The summed E-state index contributed by atoms with van der Waals surface area (Å²) in [6.07, 6.45) is -1.16. The van der Waals surface area contributed by atoms with Crippen LogP contribution >= 0.6 is 0 Å². The number of hydrogen-bond donors (Lipinski definition) is 3. The van der Waals surface area contributed by atoms with Gasteiger partial charge in [-0.15, -0.1) is 0 Å². The maximum atomic E-state index is 11.9. The van der Waals surface area contributed by atoms with Crippen molar-refractivity contribution in [3.8, 4) is 0 Å². The molecule has 0 radical (unpaired) electrons. The molecule has 106 valence electrons. The number of ether oxygens (including phenoxy) is 1. The fraction of sp³-hybridized carbons (Fsp3) is 0.818. The molecule has 3 atom stereocenters. The van der Waals surface area contributed by atoms with E-state index in [-0.39, 0.29) is 6.04 Å². The molecule has 0 spiro atoms. The number of amides is 2. The van der Waals surface area contributed by atoms with Crippen molar-refractivity contribution in [2.24, 2.45) is 0 Å². The van der Waals surface area contributed by atoms with Gasteiger partial charge in [-0.25, -0.2) is 9.59 Å². The number of aliphatic hydroxyl groups excluding tert-OH is 1. The predicted molar refractivity (Wildman–Crippen MR) is 65.4 cm³/mol. The smallest absolute Gasteiger partial charge is 0.328 e. The van der Waals surface area contributed by atoms with Crippen molar-refractivity contribution in [2.45, 2.75) is 39.0 Å². The van der Waals surface area contributed by atoms with Gasteiger partial charge >= 0.3 is 12.0 Å². The van der Waals surface area contributed by atoms with Gasteiger partial charge in [-0.05, 0) is 20.8 Å². The number of carboxylic acids is 1. The first kappa shape index (κ1) is 16.7. The minimum absolute atomic E-state index is 0.177. The fourth-order valence-corrected chi connectivity index (χ4v) is 1.59. The van der Waals surface area contributed by atoms with Crippen molar-refractivity contribution in [3.63, 3.8) is 0 Å². The number of nitrogens with one attached hydrogen (secondary N) is 1. The van der Waals surface area contributed by atoms with E-state index < -0.39 is 24.1 Å². The molecule has 18 heavy (non-hydrogen) atoms. The molecule has 0 aliphatic carbocycles. The largest absolute Gasteiger partial charge is 0.480 e. The highest BCUT2D eigenvalue weighted by Crippen LogP contribution is 2.02. The van der Waals surface area contributed by atoms with Crippen LogP contribution < -0.4 is 5.32 Å². The molecule has 0 saturated carbocycles. The number of carbonyl (C=O) groups excluding carboxylic acids is 1. The van der Waals surface area contributed by atoms with Gasteiger partial charge in [0, 0.05) is 13.7 Å². The van der Waals surface area contributed by atoms with E-state index in [1.807, 2.05) is 0 Å². The predicted octanol–water partition coefficient (Wildman–Crippen LogP) is -0.113. The summed E-state index contributed by atoms with van der Waals surface area (Å²) in [5.41, 5.74) is 0. The van der Waals surface area contributed by atoms with Crippen molar-refractivity contribution in [2.75, 3.05) is 20.3 Å². The van der Waals surface area contributed by atoms with E-state index in [2.05, 4.69) is 5.32 Å². The Kier molecular flexibility index (Phi) is 7.30. The van der Waals surface area contributed by atoms with Gasteiger partial charge in [-0.3, -0.25) is 0 Å². The number of methoxy groups -OCH3 is 1. The van der Waals surface area contributed by atoms with Crippen LogP contribution in [0.15, 0.2) is 0 Å². The van der Waals surface area contributed by atoms with Crippen LogP contribution in [0.2, 0.25) is 0 Å². The maximum absolute atomic E-state index is 11.9. The normalized spacial score (nSPS) is 15.6. The van der Waals surface area contributed by atoms with Crippen molar-refractivity contribution >= 4 is 12.0 Å². The molecular weight excluding hydrogens is 240 g/mol. The molecule has 2 amide bonds. The molecule has 0 fully saturated rings. The molecule has 7 nitrogen and oxygen atoms in total. The Labute approximate surface area is 107 Å². The molecule has 0 aromatic carbocycles. The molecule has 3 N–H and O–H groups in total. The molecule has 7 heteroatoms. The summed E-state index contributed by atoms with van der Waals surface area (Å²) in [5, 5.41) is 20.4. The highest BCUT2D eigenvalue weighted by molar-refractivity contribution is 5.83. The van der Waals surface area contributed by atoms with Gasteiger partial charge in [0.15, 0.2) is 6.04 Å². The molecule has 0 heterocycles. The molecule has 3 unspecified atom stereocenters. The Morgan fingerprint density at radius 3 is 2.28 bits per heavy atom. The van der Waals surface area contributed by atoms with Gasteiger partial charge < -0.3 is 25.2 Å². The molecule has 0 bridgehead atoms. The summed E-state index contributed by atoms with van der Waals surface area (Å²) in [6.45, 7) is 5.67. The number of aliphatic hydroxyl groups is 1. The van der Waals surface area contributed by atoms with Crippen molar-refractivity contribution in [3.05, 3.63) is 0 Å². The lowest BCUT2D eigenvalue weighted by molar-refractivity contribution is -0.141. The van der Waals surface area contributed by atoms with Gasteiger partial charge in [0.25, 0.3) is 0 Å². The fourth-order valence-electron chi connectivity index (χ4n) is 1.59. The summed E-state index contributed by atoms with van der Waals surface area (Å²) in [6, 6.07) is -2.03. The summed E-state index contributed by atoms with van der Waals surface area (Å²) in [5.74, 6) is -1.27. The van der Waals surface area contributed by atoms with Crippen molar-refractivity contribution in [1.82, 2.24) is 10.2 Å². The summed E-state index contributed by atoms with van der Waals surface area (Å²) in [4.78, 5) is 24.2. The van der Waals surface area contributed by atoms with Crippen molar-refractivity contribution in [1.29, 1.82) is 0 Å². The first-order chi connectivity index (χ1) is 8.34. The Hall–Kier alpha value is -1.34. The Morgan fingerprint density at radius 1 is 1.39 bits per heavy atom. The maximum Gasteiger partial charge on any atom is 0.328 e. The van der Waals surface area contributed by atoms with Crippen LogP contribution in [-0.2, 0) is 9.53 Å². The zero-order valence-corrected chi connectivity index (χ0v) is 11.2. The van der Waals surface area contributed by atoms with Crippen LogP contribution in [0.5, 0.6) is 0 Å². The average Bonchev–Trinajstić information content (AvgIpc) is 2.26. The van der Waals surface area contributed by atoms with E-state index in [0.717, 1.165) is 0 Å². The minimum Gasteiger partial charge on any atom is -0.480 e. The van der Waals surface area contributed by atoms with Gasteiger partial charge in [-0.2, -0.15) is 0 Å². The number of rotatable bonds is 7. The van der Waals surface area contributed by atoms with Gasteiger partial charge in [0.1, 0.15) is 0 Å². The topological polar surface area (TPSA) is 99.1 Å². The van der Waals surface area contributed by atoms with Gasteiger partial charge in [-0.1, -0.05) is 0 Å². The number of hydrogen-bond acceptors (Lipinski definition) is 4. The van der Waals surface area contributed by atoms with Crippen molar-refractivity contribution < 1.29 is 24.5 Å². The lowest BCUT2D eigenvalue weighted by atomic mass is 10.2. The van der Waals surface area contributed by atoms with Crippen LogP contribution in [0, 0.1) is 0 Å². The Balaban J connectivity index is 4.64. The van der Waals surface area contributed by atoms with E-state index in [1.165, 1.54) is 18.9 Å². The number of carbonyl (C=O) groups is 2. The lowest BCUT2D eigenvalue weighted by Crippen LogP contribution is -2.54. The third-order valence-electron chi connectivity index (χ3n) is 2.57. The monoisotopic (exact) mass is 262 g/mol. The highest BCUT2D eigenvalue weighted by atomic mass is 16.5. The SMILES string of the molecule is CCN(C(=O)NC(C(=O)O)C(C)O)C(C)COC. The van der Waals surface area contributed by atoms with E-state index in [0.29, 0.717) is 13.2 Å². The first-order valence-corrected chi connectivity index (χ1v) is 5.82. The van der Waals surface area contributed by atoms with E-state index >= 15 is 0 Å². The standard InChI is InChI=1S/C11H22N2O5/c1-5-13(7(2)6-18-4)11(17)12-9(8(3)14)10(15)16/h7-9,14H,5-6H2,1-4H3,(H,12,17)(H,15,16). The third kappa shape index (κ3) is 4.89. The molecule has 0 saturated heterocycles. The van der Waals surface area contributed by atoms with E-state index in [9.17, 15) is 14.7 Å². The number of aliphatic carboxylic acids is 1. The number of likely N-dealkylation sites (N-methyl/N-ethyl adjacent to an activating group) is 1. The van der Waals surface area contributed by atoms with Gasteiger partial charge in [0.2, 0.25) is 0 Å². The van der Waals surface area contributed by atoms with Gasteiger partial charge in [0.05, 0.1) is 18.8 Å². The van der Waals surface area contributed by atoms with Crippen LogP contribution in [0.1, 0.15) is 20.8 Å². The zero-order valence-electron chi connectivity index (χ0n) is 11.2. The number of nitrogens with zero attached hydrogens (tertiary/aromatic N) is 1. The second kappa shape index (κ2) is 7.88. The second-order valence-corrected chi connectivity index (χ2v) is 4.10. The highest BCUT2D eigenvalue weighted by Gasteiger charge is 2.28. The third-order valence-corrected chi connectivity index (χ3v) is 2.57. The lowest BCUT2D eigenvalue weighted by Gasteiger charge is -2.29. The molecule has 0 aliphatic rings. The second-order valence-electron chi connectivity index (χ2n) is 4.10. The molecule has 0 aromatic heterocycles. The Morgan fingerprint density at radius 2 is 1.94 bits per heavy atom. The molecule has 0 aromatic rings. The zero-order chi connectivity index (χ0) is 14.3. The minimum atomic E-state index is -1.32. The van der Waals surface area contributed by atoms with E-state index in [4.69, 9.17) is 9.84 Å². The summed E-state index contributed by atoms with van der Waals surface area (Å²) >= 11 is 0.